The molecule has 2 aromatic carbocycles. The monoisotopic (exact) mass is 395 g/mol. The number of nitrogens with one attached hydrogen (secondary N) is 1. The largest absolute Gasteiger partial charge is 0.465 e. The quantitative estimate of drug-likeness (QED) is 0.776. The summed E-state index contributed by atoms with van der Waals surface area (Å²) in [6.07, 6.45) is 0. The van der Waals surface area contributed by atoms with Gasteiger partial charge in [-0.3, -0.25) is 4.79 Å². The smallest absolute Gasteiger partial charge is 0.341 e. The van der Waals surface area contributed by atoms with Crippen LogP contribution in [0.3, 0.4) is 0 Å². The van der Waals surface area contributed by atoms with Gasteiger partial charge in [0.2, 0.25) is 0 Å². The van der Waals surface area contributed by atoms with Crippen molar-refractivity contribution in [3.63, 3.8) is 0 Å². The first-order valence-electron chi connectivity index (χ1n) is 7.43. The molecule has 0 spiro atoms. The van der Waals surface area contributed by atoms with Crippen molar-refractivity contribution < 1.29 is 23.9 Å². The molecule has 0 saturated heterocycles. The van der Waals surface area contributed by atoms with Crippen LogP contribution in [0.5, 0.6) is 0 Å². The molecule has 0 aliphatic rings. The van der Waals surface area contributed by atoms with Crippen LogP contribution in [-0.4, -0.2) is 31.6 Å². The molecular weight excluding hydrogens is 381 g/mol. The number of carbonyl (C=O) groups excluding carboxylic acids is 3. The van der Waals surface area contributed by atoms with E-state index in [2.05, 4.69) is 10.1 Å². The minimum Gasteiger partial charge on any atom is -0.465 e. The number of aryl methyl sites for hydroxylation is 1. The molecule has 6 nitrogen and oxygen atoms in total. The fourth-order valence-electron chi connectivity index (χ4n) is 2.08. The van der Waals surface area contributed by atoms with Crippen molar-refractivity contribution in [3.8, 4) is 0 Å². The Labute approximate surface area is 160 Å². The zero-order chi connectivity index (χ0) is 19.3. The molecule has 0 radical (unpaired) electrons. The van der Waals surface area contributed by atoms with Crippen molar-refractivity contribution in [1.29, 1.82) is 0 Å². The molecule has 26 heavy (non-hydrogen) atoms. The fourth-order valence-corrected chi connectivity index (χ4v) is 2.64. The Morgan fingerprint density at radius 3 is 2.31 bits per heavy atom. The number of hydrogen-bond acceptors (Lipinski definition) is 5. The van der Waals surface area contributed by atoms with E-state index >= 15 is 0 Å². The van der Waals surface area contributed by atoms with Crippen molar-refractivity contribution in [2.75, 3.05) is 19.0 Å². The number of anilines is 1. The number of amides is 1. The Bertz CT molecular complexity index is 846. The van der Waals surface area contributed by atoms with Gasteiger partial charge in [0.1, 0.15) is 0 Å². The lowest BCUT2D eigenvalue weighted by molar-refractivity contribution is -0.119. The number of ether oxygens (including phenoxy) is 2. The predicted molar refractivity (Wildman–Crippen MR) is 97.9 cm³/mol. The van der Waals surface area contributed by atoms with Gasteiger partial charge in [0.15, 0.2) is 6.61 Å². The molecule has 1 amide bonds. The van der Waals surface area contributed by atoms with Gasteiger partial charge in [-0.15, -0.1) is 0 Å². The van der Waals surface area contributed by atoms with Gasteiger partial charge < -0.3 is 14.8 Å². The lowest BCUT2D eigenvalue weighted by Crippen LogP contribution is -2.22. The van der Waals surface area contributed by atoms with Gasteiger partial charge in [0.05, 0.1) is 28.3 Å². The van der Waals surface area contributed by atoms with Crippen LogP contribution in [0.2, 0.25) is 10.0 Å². The number of esters is 2. The summed E-state index contributed by atoms with van der Waals surface area (Å²) in [5, 5.41) is 2.83. The van der Waals surface area contributed by atoms with Gasteiger partial charge in [0, 0.05) is 5.69 Å². The zero-order valence-corrected chi connectivity index (χ0v) is 15.5. The first kappa shape index (κ1) is 19.8. The Morgan fingerprint density at radius 2 is 1.69 bits per heavy atom. The van der Waals surface area contributed by atoms with Gasteiger partial charge in [-0.2, -0.15) is 0 Å². The topological polar surface area (TPSA) is 81.7 Å². The Kier molecular flexibility index (Phi) is 6.60. The van der Waals surface area contributed by atoms with E-state index < -0.39 is 24.5 Å². The normalized spacial score (nSPS) is 10.2. The van der Waals surface area contributed by atoms with Crippen LogP contribution in [-0.2, 0) is 14.3 Å². The summed E-state index contributed by atoms with van der Waals surface area (Å²) >= 11 is 11.8. The Morgan fingerprint density at radius 1 is 1.04 bits per heavy atom. The molecule has 0 bridgehead atoms. The first-order valence-corrected chi connectivity index (χ1v) is 8.19. The molecule has 0 unspecified atom stereocenters. The lowest BCUT2D eigenvalue weighted by atomic mass is 10.1. The number of rotatable bonds is 5. The van der Waals surface area contributed by atoms with Crippen molar-refractivity contribution in [2.45, 2.75) is 6.92 Å². The van der Waals surface area contributed by atoms with Crippen molar-refractivity contribution in [3.05, 3.63) is 63.1 Å². The average Bonchev–Trinajstić information content (AvgIpc) is 2.61. The summed E-state index contributed by atoms with van der Waals surface area (Å²) in [5.74, 6) is -1.91. The highest BCUT2D eigenvalue weighted by atomic mass is 35.5. The average molecular weight is 396 g/mol. The Balaban J connectivity index is 2.03. The number of benzene rings is 2. The summed E-state index contributed by atoms with van der Waals surface area (Å²) in [6, 6.07) is 9.29. The molecule has 0 aliphatic heterocycles. The highest BCUT2D eigenvalue weighted by molar-refractivity contribution is 6.39. The third-order valence-corrected chi connectivity index (χ3v) is 4.06. The maximum atomic E-state index is 12.1. The summed E-state index contributed by atoms with van der Waals surface area (Å²) in [4.78, 5) is 35.7. The van der Waals surface area contributed by atoms with Crippen LogP contribution in [0.1, 0.15) is 26.3 Å². The molecule has 2 rings (SSSR count). The SMILES string of the molecule is COC(=O)c1ccc(C)c(NC(=O)COC(=O)c2c(Cl)cccc2Cl)c1. The molecule has 8 heteroatoms. The second-order valence-corrected chi connectivity index (χ2v) is 6.06. The molecule has 0 saturated carbocycles. The standard InChI is InChI=1S/C18H15Cl2NO5/c1-10-6-7-11(17(23)25-2)8-14(10)21-15(22)9-26-18(24)16-12(19)4-3-5-13(16)20/h3-8H,9H2,1-2H3,(H,21,22). The van der Waals surface area contributed by atoms with Gasteiger partial charge in [-0.05, 0) is 36.8 Å². The molecule has 0 atom stereocenters. The minimum atomic E-state index is -0.809. The maximum Gasteiger partial charge on any atom is 0.341 e. The van der Waals surface area contributed by atoms with Gasteiger partial charge in [0.25, 0.3) is 5.91 Å². The second kappa shape index (κ2) is 8.69. The van der Waals surface area contributed by atoms with Crippen LogP contribution in [0, 0.1) is 6.92 Å². The van der Waals surface area contributed by atoms with Gasteiger partial charge >= 0.3 is 11.9 Å². The van der Waals surface area contributed by atoms with Crippen molar-refractivity contribution in [2.24, 2.45) is 0 Å². The number of halogens is 2. The molecule has 1 N–H and O–H groups in total. The molecule has 0 aromatic heterocycles. The van der Waals surface area contributed by atoms with E-state index in [4.69, 9.17) is 27.9 Å². The van der Waals surface area contributed by atoms with Crippen LogP contribution in [0.15, 0.2) is 36.4 Å². The van der Waals surface area contributed by atoms with E-state index in [0.717, 1.165) is 5.56 Å². The molecule has 0 aliphatic carbocycles. The highest BCUT2D eigenvalue weighted by Gasteiger charge is 2.18. The molecule has 136 valence electrons. The molecule has 0 heterocycles. The number of carbonyl (C=O) groups is 3. The summed E-state index contributed by atoms with van der Waals surface area (Å²) < 4.78 is 9.59. The number of hydrogen-bond donors (Lipinski definition) is 1. The summed E-state index contributed by atoms with van der Waals surface area (Å²) in [5.41, 5.74) is 1.41. The van der Waals surface area contributed by atoms with Crippen LogP contribution < -0.4 is 5.32 Å². The van der Waals surface area contributed by atoms with E-state index in [9.17, 15) is 14.4 Å². The van der Waals surface area contributed by atoms with Crippen molar-refractivity contribution >= 4 is 46.7 Å². The fraction of sp³-hybridized carbons (Fsp3) is 0.167. The molecule has 2 aromatic rings. The van der Waals surface area contributed by atoms with Crippen LogP contribution >= 0.6 is 23.2 Å². The maximum absolute atomic E-state index is 12.1. The lowest BCUT2D eigenvalue weighted by Gasteiger charge is -2.11. The summed E-state index contributed by atoms with van der Waals surface area (Å²) in [6.45, 7) is 1.22. The van der Waals surface area contributed by atoms with Crippen molar-refractivity contribution in [1.82, 2.24) is 0 Å². The molecule has 0 fully saturated rings. The van der Waals surface area contributed by atoms with E-state index in [-0.39, 0.29) is 21.2 Å². The van der Waals surface area contributed by atoms with Gasteiger partial charge in [-0.25, -0.2) is 9.59 Å². The first-order chi connectivity index (χ1) is 12.3. The second-order valence-electron chi connectivity index (χ2n) is 5.24. The van der Waals surface area contributed by atoms with Crippen LogP contribution in [0.25, 0.3) is 0 Å². The van der Waals surface area contributed by atoms with Crippen LogP contribution in [0.4, 0.5) is 5.69 Å². The number of methoxy groups -OCH3 is 1. The predicted octanol–water partition coefficient (Wildman–Crippen LogP) is 3.88. The third kappa shape index (κ3) is 4.74. The zero-order valence-electron chi connectivity index (χ0n) is 14.0. The van der Waals surface area contributed by atoms with Gasteiger partial charge in [-0.1, -0.05) is 35.3 Å². The van der Waals surface area contributed by atoms with E-state index in [1.807, 2.05) is 0 Å². The highest BCUT2D eigenvalue weighted by Crippen LogP contribution is 2.25. The Hall–Kier alpha value is -2.57. The minimum absolute atomic E-state index is 0.00694. The van der Waals surface area contributed by atoms with E-state index in [1.54, 1.807) is 25.1 Å². The van der Waals surface area contributed by atoms with E-state index in [1.165, 1.54) is 25.3 Å². The third-order valence-electron chi connectivity index (χ3n) is 3.43. The van der Waals surface area contributed by atoms with E-state index in [0.29, 0.717) is 5.69 Å². The molecular formula is C18H15Cl2NO5. The summed E-state index contributed by atoms with van der Waals surface area (Å²) in [7, 11) is 1.26.